The van der Waals surface area contributed by atoms with Gasteiger partial charge in [-0.1, -0.05) is 5.16 Å². The molecule has 1 aromatic heterocycles. The monoisotopic (exact) mass is 295 g/mol. The summed E-state index contributed by atoms with van der Waals surface area (Å²) in [5.74, 6) is -0.350. The molecule has 1 aromatic carbocycles. The van der Waals surface area contributed by atoms with Gasteiger partial charge in [0.05, 0.1) is 19.1 Å². The maximum atomic E-state index is 13.1. The molecule has 2 atom stereocenters. The summed E-state index contributed by atoms with van der Waals surface area (Å²) in [4.78, 5) is 4.30. The first-order valence-electron chi connectivity index (χ1n) is 6.68. The first kappa shape index (κ1) is 14.1. The number of likely N-dealkylation sites (N-methyl/N-ethyl adjacent to an activating group) is 1. The summed E-state index contributed by atoms with van der Waals surface area (Å²) in [6.45, 7) is 1.11. The Morgan fingerprint density at radius 2 is 2.00 bits per heavy atom. The Morgan fingerprint density at radius 1 is 1.24 bits per heavy atom. The number of rotatable bonds is 4. The molecule has 5 nitrogen and oxygen atoms in total. The fourth-order valence-corrected chi connectivity index (χ4v) is 2.47. The summed E-state index contributed by atoms with van der Waals surface area (Å²) in [5.41, 5.74) is 0.465. The minimum Gasteiger partial charge on any atom is -0.379 e. The molecule has 21 heavy (non-hydrogen) atoms. The lowest BCUT2D eigenvalue weighted by Gasteiger charge is -2.11. The van der Waals surface area contributed by atoms with E-state index in [9.17, 15) is 8.78 Å². The van der Waals surface area contributed by atoms with E-state index in [2.05, 4.69) is 15.5 Å². The highest BCUT2D eigenvalue weighted by Gasteiger charge is 2.32. The van der Waals surface area contributed by atoms with Crippen molar-refractivity contribution in [2.45, 2.75) is 18.4 Å². The smallest absolute Gasteiger partial charge is 0.233 e. The molecular weight excluding hydrogens is 280 g/mol. The first-order valence-corrected chi connectivity index (χ1v) is 6.68. The van der Waals surface area contributed by atoms with Crippen LogP contribution >= 0.6 is 0 Å². The number of nitrogens with one attached hydrogen (secondary N) is 1. The molecule has 2 heterocycles. The van der Waals surface area contributed by atoms with Crippen molar-refractivity contribution in [3.8, 4) is 0 Å². The molecule has 0 saturated carbocycles. The van der Waals surface area contributed by atoms with Gasteiger partial charge in [-0.15, -0.1) is 0 Å². The van der Waals surface area contributed by atoms with Crippen molar-refractivity contribution in [2.24, 2.45) is 0 Å². The molecule has 1 fully saturated rings. The van der Waals surface area contributed by atoms with E-state index in [1.807, 2.05) is 7.05 Å². The van der Waals surface area contributed by atoms with Gasteiger partial charge in [0.1, 0.15) is 11.6 Å². The van der Waals surface area contributed by atoms with Gasteiger partial charge >= 0.3 is 0 Å². The normalized spacial score (nSPS) is 21.9. The quantitative estimate of drug-likeness (QED) is 0.929. The zero-order valence-electron chi connectivity index (χ0n) is 11.5. The van der Waals surface area contributed by atoms with Crippen LogP contribution in [0, 0.1) is 11.6 Å². The lowest BCUT2D eigenvalue weighted by atomic mass is 10.0. The Morgan fingerprint density at radius 3 is 2.71 bits per heavy atom. The molecule has 0 aliphatic carbocycles. The van der Waals surface area contributed by atoms with Crippen LogP contribution in [-0.4, -0.2) is 36.4 Å². The highest BCUT2D eigenvalue weighted by molar-refractivity contribution is 5.21. The number of ether oxygens (including phenoxy) is 1. The lowest BCUT2D eigenvalue weighted by Crippen LogP contribution is -2.31. The molecule has 0 amide bonds. The van der Waals surface area contributed by atoms with Crippen LogP contribution < -0.4 is 5.32 Å². The standard InChI is InChI=1S/C14H15F2N3O2/c1-17-12-7-20-6-11(12)14-18-13(19-21-14)4-8-2-9(15)5-10(16)3-8/h2-3,5,11-12,17H,4,6-7H2,1H3. The molecule has 112 valence electrons. The highest BCUT2D eigenvalue weighted by Crippen LogP contribution is 2.24. The summed E-state index contributed by atoms with van der Waals surface area (Å²) in [5, 5.41) is 7.00. The minimum absolute atomic E-state index is 0.000459. The SMILES string of the molecule is CNC1COCC1c1nc(Cc2cc(F)cc(F)c2)no1. The Labute approximate surface area is 120 Å². The van der Waals surface area contributed by atoms with Crippen molar-refractivity contribution < 1.29 is 18.0 Å². The third kappa shape index (κ3) is 3.08. The maximum Gasteiger partial charge on any atom is 0.233 e. The van der Waals surface area contributed by atoms with Crippen LogP contribution in [0.25, 0.3) is 0 Å². The van der Waals surface area contributed by atoms with Gasteiger partial charge in [-0.05, 0) is 24.7 Å². The van der Waals surface area contributed by atoms with Crippen LogP contribution in [0.3, 0.4) is 0 Å². The second kappa shape index (κ2) is 5.87. The van der Waals surface area contributed by atoms with E-state index in [4.69, 9.17) is 9.26 Å². The van der Waals surface area contributed by atoms with Gasteiger partial charge in [0.15, 0.2) is 5.82 Å². The molecule has 1 N–H and O–H groups in total. The van der Waals surface area contributed by atoms with Gasteiger partial charge in [0.2, 0.25) is 5.89 Å². The second-order valence-corrected chi connectivity index (χ2v) is 5.04. The van der Waals surface area contributed by atoms with E-state index in [0.717, 1.165) is 6.07 Å². The fraction of sp³-hybridized carbons (Fsp3) is 0.429. The molecule has 3 rings (SSSR count). The minimum atomic E-state index is -0.617. The molecule has 2 aromatic rings. The number of benzene rings is 1. The van der Waals surface area contributed by atoms with Gasteiger partial charge in [0.25, 0.3) is 0 Å². The molecule has 0 spiro atoms. The van der Waals surface area contributed by atoms with E-state index in [1.54, 1.807) is 0 Å². The van der Waals surface area contributed by atoms with Crippen LogP contribution in [0.2, 0.25) is 0 Å². The van der Waals surface area contributed by atoms with E-state index in [0.29, 0.717) is 30.5 Å². The van der Waals surface area contributed by atoms with Crippen LogP contribution in [0.1, 0.15) is 23.2 Å². The van der Waals surface area contributed by atoms with Crippen molar-refractivity contribution in [1.29, 1.82) is 0 Å². The van der Waals surface area contributed by atoms with Gasteiger partial charge in [0, 0.05) is 18.5 Å². The lowest BCUT2D eigenvalue weighted by molar-refractivity contribution is 0.185. The molecule has 1 aliphatic rings. The molecule has 0 bridgehead atoms. The molecule has 1 aliphatic heterocycles. The molecule has 2 unspecified atom stereocenters. The van der Waals surface area contributed by atoms with E-state index >= 15 is 0 Å². The Balaban J connectivity index is 1.76. The number of hydrogen-bond donors (Lipinski definition) is 1. The van der Waals surface area contributed by atoms with E-state index in [1.165, 1.54) is 12.1 Å². The van der Waals surface area contributed by atoms with Crippen molar-refractivity contribution in [2.75, 3.05) is 20.3 Å². The zero-order valence-corrected chi connectivity index (χ0v) is 11.5. The van der Waals surface area contributed by atoms with Crippen molar-refractivity contribution in [3.63, 3.8) is 0 Å². The van der Waals surface area contributed by atoms with Gasteiger partial charge in [-0.3, -0.25) is 0 Å². The van der Waals surface area contributed by atoms with Crippen LogP contribution in [-0.2, 0) is 11.2 Å². The number of halogens is 2. The van der Waals surface area contributed by atoms with Crippen LogP contribution in [0.5, 0.6) is 0 Å². The topological polar surface area (TPSA) is 60.2 Å². The number of nitrogens with zero attached hydrogens (tertiary/aromatic N) is 2. The summed E-state index contributed by atoms with van der Waals surface area (Å²) >= 11 is 0. The average molecular weight is 295 g/mol. The van der Waals surface area contributed by atoms with E-state index in [-0.39, 0.29) is 18.4 Å². The van der Waals surface area contributed by atoms with Gasteiger partial charge in [-0.25, -0.2) is 8.78 Å². The predicted octanol–water partition coefficient (Wildman–Crippen LogP) is 1.64. The molecular formula is C14H15F2N3O2. The van der Waals surface area contributed by atoms with Crippen LogP contribution in [0.4, 0.5) is 8.78 Å². The van der Waals surface area contributed by atoms with E-state index < -0.39 is 11.6 Å². The second-order valence-electron chi connectivity index (χ2n) is 5.04. The number of hydrogen-bond acceptors (Lipinski definition) is 5. The third-order valence-electron chi connectivity index (χ3n) is 3.54. The van der Waals surface area contributed by atoms with Crippen molar-refractivity contribution in [1.82, 2.24) is 15.5 Å². The Kier molecular flexibility index (Phi) is 3.94. The molecule has 7 heteroatoms. The van der Waals surface area contributed by atoms with Gasteiger partial charge < -0.3 is 14.6 Å². The van der Waals surface area contributed by atoms with Crippen molar-refractivity contribution >= 4 is 0 Å². The summed E-state index contributed by atoms with van der Waals surface area (Å²) in [6, 6.07) is 3.48. The molecule has 1 saturated heterocycles. The third-order valence-corrected chi connectivity index (χ3v) is 3.54. The largest absolute Gasteiger partial charge is 0.379 e. The summed E-state index contributed by atoms with van der Waals surface area (Å²) in [6.07, 6.45) is 0.218. The average Bonchev–Trinajstić information content (AvgIpc) is 3.05. The number of aromatic nitrogens is 2. The van der Waals surface area contributed by atoms with Crippen LogP contribution in [0.15, 0.2) is 22.7 Å². The highest BCUT2D eigenvalue weighted by atomic mass is 19.1. The fourth-order valence-electron chi connectivity index (χ4n) is 2.47. The predicted molar refractivity (Wildman–Crippen MR) is 69.9 cm³/mol. The maximum absolute atomic E-state index is 13.1. The van der Waals surface area contributed by atoms with Crippen molar-refractivity contribution in [3.05, 3.63) is 47.1 Å². The van der Waals surface area contributed by atoms with Gasteiger partial charge in [-0.2, -0.15) is 4.98 Å². The zero-order chi connectivity index (χ0) is 14.8. The molecule has 0 radical (unpaired) electrons. The summed E-state index contributed by atoms with van der Waals surface area (Å²) in [7, 11) is 1.85. The first-order chi connectivity index (χ1) is 10.2. The Hall–Kier alpha value is -1.86. The summed E-state index contributed by atoms with van der Waals surface area (Å²) < 4.78 is 36.9. The Bertz CT molecular complexity index is 612.